The Hall–Kier alpha value is -3.56. The van der Waals surface area contributed by atoms with Gasteiger partial charge in [-0.2, -0.15) is 13.2 Å². The number of anilines is 2. The molecule has 0 bridgehead atoms. The van der Waals surface area contributed by atoms with Crippen molar-refractivity contribution in [3.05, 3.63) is 66.2 Å². The van der Waals surface area contributed by atoms with E-state index in [0.717, 1.165) is 11.6 Å². The van der Waals surface area contributed by atoms with E-state index in [-0.39, 0.29) is 5.69 Å². The molecule has 4 rings (SSSR count). The Balaban J connectivity index is 1.43. The molecule has 3 aromatic rings. The predicted octanol–water partition coefficient (Wildman–Crippen LogP) is 4.55. The maximum absolute atomic E-state index is 13.5. The first-order valence-corrected chi connectivity index (χ1v) is 9.98. The van der Waals surface area contributed by atoms with Gasteiger partial charge in [-0.05, 0) is 55.3 Å². The highest BCUT2D eigenvalue weighted by molar-refractivity contribution is 5.93. The van der Waals surface area contributed by atoms with Crippen molar-refractivity contribution in [3.63, 3.8) is 0 Å². The number of nitrogens with zero attached hydrogens (tertiary/aromatic N) is 4. The Labute approximate surface area is 181 Å². The van der Waals surface area contributed by atoms with E-state index >= 15 is 0 Å². The molecule has 0 radical (unpaired) electrons. The number of alkyl halides is 3. The molecule has 0 aliphatic carbocycles. The van der Waals surface area contributed by atoms with Crippen LogP contribution in [0, 0.1) is 11.7 Å². The number of hydrogen-bond acceptors (Lipinski definition) is 5. The molecule has 3 heterocycles. The molecule has 0 saturated carbocycles. The van der Waals surface area contributed by atoms with Gasteiger partial charge in [0.15, 0.2) is 5.82 Å². The van der Waals surface area contributed by atoms with Crippen LogP contribution in [0.25, 0.3) is 11.3 Å². The van der Waals surface area contributed by atoms with Gasteiger partial charge in [-0.15, -0.1) is 10.2 Å². The first-order valence-electron chi connectivity index (χ1n) is 9.98. The minimum absolute atomic E-state index is 0.0959. The number of piperidine rings is 1. The summed E-state index contributed by atoms with van der Waals surface area (Å²) < 4.78 is 52.2. The molecule has 1 atom stereocenters. The Kier molecular flexibility index (Phi) is 6.02. The van der Waals surface area contributed by atoms with Gasteiger partial charge < -0.3 is 10.2 Å². The van der Waals surface area contributed by atoms with E-state index in [9.17, 15) is 22.4 Å². The number of carbonyl (C=O) groups excluding carboxylic acids is 1. The molecule has 6 nitrogen and oxygen atoms in total. The van der Waals surface area contributed by atoms with E-state index in [1.807, 2.05) is 23.1 Å². The minimum Gasteiger partial charge on any atom is -0.354 e. The second-order valence-corrected chi connectivity index (χ2v) is 7.49. The molecule has 1 fully saturated rings. The molecule has 1 aliphatic heterocycles. The number of halogens is 4. The van der Waals surface area contributed by atoms with Crippen molar-refractivity contribution >= 4 is 17.4 Å². The molecule has 1 amide bonds. The van der Waals surface area contributed by atoms with E-state index in [2.05, 4.69) is 20.5 Å². The summed E-state index contributed by atoms with van der Waals surface area (Å²) in [5.41, 5.74) is -0.00378. The number of rotatable bonds is 4. The van der Waals surface area contributed by atoms with Crippen LogP contribution in [0.15, 0.2) is 54.9 Å². The fourth-order valence-corrected chi connectivity index (χ4v) is 3.63. The Morgan fingerprint density at radius 1 is 1.12 bits per heavy atom. The summed E-state index contributed by atoms with van der Waals surface area (Å²) in [5, 5.41) is 11.0. The number of pyridine rings is 1. The Bertz CT molecular complexity index is 1090. The van der Waals surface area contributed by atoms with E-state index in [0.29, 0.717) is 49.6 Å². The maximum Gasteiger partial charge on any atom is 0.419 e. The molecular weight excluding hydrogens is 426 g/mol. The van der Waals surface area contributed by atoms with Crippen LogP contribution in [0.1, 0.15) is 18.4 Å². The van der Waals surface area contributed by atoms with Crippen molar-refractivity contribution < 1.29 is 22.4 Å². The van der Waals surface area contributed by atoms with Gasteiger partial charge in [0.05, 0.1) is 17.2 Å². The molecule has 166 valence electrons. The number of carbonyl (C=O) groups is 1. The summed E-state index contributed by atoms with van der Waals surface area (Å²) in [6.45, 7) is 1.03. The highest BCUT2D eigenvalue weighted by Crippen LogP contribution is 2.33. The lowest BCUT2D eigenvalue weighted by Gasteiger charge is -2.32. The summed E-state index contributed by atoms with van der Waals surface area (Å²) in [7, 11) is 0. The van der Waals surface area contributed by atoms with Crippen LogP contribution in [0.2, 0.25) is 0 Å². The first kappa shape index (κ1) is 21.7. The van der Waals surface area contributed by atoms with Crippen molar-refractivity contribution in [2.24, 2.45) is 5.92 Å². The van der Waals surface area contributed by atoms with Gasteiger partial charge in [-0.25, -0.2) is 4.39 Å². The van der Waals surface area contributed by atoms with Gasteiger partial charge in [-0.3, -0.25) is 9.78 Å². The zero-order valence-corrected chi connectivity index (χ0v) is 16.8. The van der Waals surface area contributed by atoms with Crippen LogP contribution in [0.5, 0.6) is 0 Å². The quantitative estimate of drug-likeness (QED) is 0.597. The van der Waals surface area contributed by atoms with Crippen molar-refractivity contribution in [2.75, 3.05) is 23.3 Å². The minimum atomic E-state index is -4.84. The SMILES string of the molecule is O=C(Nc1ccc(F)c(C(F)(F)F)c1)C1CCCN(c2ccc(-c3cccnc3)nn2)C1. The Morgan fingerprint density at radius 2 is 1.97 bits per heavy atom. The predicted molar refractivity (Wildman–Crippen MR) is 110 cm³/mol. The molecular formula is C22H19F4N5O. The number of aromatic nitrogens is 3. The molecule has 2 aromatic heterocycles. The van der Waals surface area contributed by atoms with Crippen LogP contribution in [-0.2, 0) is 11.0 Å². The third kappa shape index (κ3) is 4.84. The van der Waals surface area contributed by atoms with Gasteiger partial charge in [-0.1, -0.05) is 0 Å². The van der Waals surface area contributed by atoms with Crippen molar-refractivity contribution in [3.8, 4) is 11.3 Å². The molecule has 0 spiro atoms. The van der Waals surface area contributed by atoms with Gasteiger partial charge in [0.1, 0.15) is 5.82 Å². The lowest BCUT2D eigenvalue weighted by Crippen LogP contribution is -2.41. The molecule has 1 aliphatic rings. The molecule has 1 N–H and O–H groups in total. The third-order valence-corrected chi connectivity index (χ3v) is 5.26. The van der Waals surface area contributed by atoms with Crippen molar-refractivity contribution in [2.45, 2.75) is 19.0 Å². The second kappa shape index (κ2) is 8.89. The first-order chi connectivity index (χ1) is 15.3. The standard InChI is InChI=1S/C22H19F4N5O/c23-18-6-5-16(11-17(18)22(24,25)26)28-21(32)15-4-2-10-31(13-15)20-8-7-19(29-30-20)14-3-1-9-27-12-14/h1,3,5-9,11-12,15H,2,4,10,13H2,(H,28,32). The number of nitrogens with one attached hydrogen (secondary N) is 1. The number of amides is 1. The summed E-state index contributed by atoms with van der Waals surface area (Å²) in [6, 6.07) is 9.73. The maximum atomic E-state index is 13.5. The summed E-state index contributed by atoms with van der Waals surface area (Å²) in [4.78, 5) is 18.6. The van der Waals surface area contributed by atoms with Crippen LogP contribution >= 0.6 is 0 Å². The zero-order chi connectivity index (χ0) is 22.7. The largest absolute Gasteiger partial charge is 0.419 e. The van der Waals surface area contributed by atoms with Gasteiger partial charge in [0.2, 0.25) is 5.91 Å². The average molecular weight is 445 g/mol. The van der Waals surface area contributed by atoms with Crippen LogP contribution in [0.4, 0.5) is 29.1 Å². The monoisotopic (exact) mass is 445 g/mol. The summed E-state index contributed by atoms with van der Waals surface area (Å²) in [6.07, 6.45) is -0.198. The zero-order valence-electron chi connectivity index (χ0n) is 16.8. The van der Waals surface area contributed by atoms with E-state index in [1.54, 1.807) is 18.5 Å². The second-order valence-electron chi connectivity index (χ2n) is 7.49. The Morgan fingerprint density at radius 3 is 2.66 bits per heavy atom. The fraction of sp³-hybridized carbons (Fsp3) is 0.273. The fourth-order valence-electron chi connectivity index (χ4n) is 3.63. The molecule has 1 unspecified atom stereocenters. The molecule has 10 heteroatoms. The smallest absolute Gasteiger partial charge is 0.354 e. The average Bonchev–Trinajstić information content (AvgIpc) is 2.80. The van der Waals surface area contributed by atoms with Crippen LogP contribution in [0.3, 0.4) is 0 Å². The van der Waals surface area contributed by atoms with E-state index in [4.69, 9.17) is 0 Å². The summed E-state index contributed by atoms with van der Waals surface area (Å²) >= 11 is 0. The van der Waals surface area contributed by atoms with Gasteiger partial charge in [0, 0.05) is 36.7 Å². The van der Waals surface area contributed by atoms with Crippen molar-refractivity contribution in [1.29, 1.82) is 0 Å². The number of benzene rings is 1. The van der Waals surface area contributed by atoms with Crippen LogP contribution < -0.4 is 10.2 Å². The topological polar surface area (TPSA) is 71.0 Å². The van der Waals surface area contributed by atoms with Crippen molar-refractivity contribution in [1.82, 2.24) is 15.2 Å². The highest BCUT2D eigenvalue weighted by Gasteiger charge is 2.34. The van der Waals surface area contributed by atoms with Gasteiger partial charge in [0.25, 0.3) is 0 Å². The lowest BCUT2D eigenvalue weighted by atomic mass is 9.97. The summed E-state index contributed by atoms with van der Waals surface area (Å²) in [5.74, 6) is -1.65. The van der Waals surface area contributed by atoms with Gasteiger partial charge >= 0.3 is 6.18 Å². The van der Waals surface area contributed by atoms with Crippen LogP contribution in [-0.4, -0.2) is 34.2 Å². The lowest BCUT2D eigenvalue weighted by molar-refractivity contribution is -0.140. The molecule has 1 aromatic carbocycles. The molecule has 1 saturated heterocycles. The molecule has 32 heavy (non-hydrogen) atoms. The number of hydrogen-bond donors (Lipinski definition) is 1. The van der Waals surface area contributed by atoms with E-state index in [1.165, 1.54) is 0 Å². The third-order valence-electron chi connectivity index (χ3n) is 5.26. The highest BCUT2D eigenvalue weighted by atomic mass is 19.4. The normalized spacial score (nSPS) is 16.6. The van der Waals surface area contributed by atoms with E-state index < -0.39 is 29.4 Å².